The van der Waals surface area contributed by atoms with Crippen molar-refractivity contribution in [2.45, 2.75) is 19.4 Å². The van der Waals surface area contributed by atoms with E-state index in [9.17, 15) is 9.59 Å². The first-order valence-electron chi connectivity index (χ1n) is 8.05. The van der Waals surface area contributed by atoms with Gasteiger partial charge in [0, 0.05) is 19.6 Å². The molecule has 6 nitrogen and oxygen atoms in total. The molecule has 1 aliphatic rings. The van der Waals surface area contributed by atoms with Gasteiger partial charge < -0.3 is 19.7 Å². The number of amides is 1. The summed E-state index contributed by atoms with van der Waals surface area (Å²) in [6.07, 6.45) is 2.28. The number of rotatable bonds is 7. The zero-order chi connectivity index (χ0) is 18.1. The predicted molar refractivity (Wildman–Crippen MR) is 102 cm³/mol. The van der Waals surface area contributed by atoms with Gasteiger partial charge in [0.1, 0.15) is 10.1 Å². The van der Waals surface area contributed by atoms with E-state index in [1.165, 1.54) is 11.8 Å². The number of carbonyl (C=O) groups is 2. The molecule has 1 aromatic rings. The average Bonchev–Trinajstić information content (AvgIpc) is 3.18. The smallest absolute Gasteiger partial charge is 0.316 e. The summed E-state index contributed by atoms with van der Waals surface area (Å²) in [5.74, 6) is 0.108. The van der Waals surface area contributed by atoms with Gasteiger partial charge in [0.05, 0.1) is 12.9 Å². The van der Waals surface area contributed by atoms with Crippen molar-refractivity contribution in [1.82, 2.24) is 10.2 Å². The Hall–Kier alpha value is -1.80. The average molecular weight is 383 g/mol. The molecule has 0 saturated carbocycles. The molecule has 1 fully saturated rings. The lowest BCUT2D eigenvalue weighted by atomic mass is 10.2. The highest BCUT2D eigenvalue weighted by atomic mass is 32.2. The third-order valence-electron chi connectivity index (χ3n) is 3.69. The molecular formula is C17H22N2O4S2. The monoisotopic (exact) mass is 382 g/mol. The van der Waals surface area contributed by atoms with Crippen LogP contribution in [0.1, 0.15) is 18.4 Å². The molecule has 1 amide bonds. The summed E-state index contributed by atoms with van der Waals surface area (Å²) >= 11 is 6.56. The molecule has 1 heterocycles. The highest BCUT2D eigenvalue weighted by Gasteiger charge is 2.17. The molecule has 25 heavy (non-hydrogen) atoms. The molecule has 1 aliphatic heterocycles. The molecule has 0 aliphatic carbocycles. The first-order valence-corrected chi connectivity index (χ1v) is 9.45. The molecule has 2 rings (SSSR count). The number of likely N-dealkylation sites (tertiary alicyclic amines) is 1. The number of ether oxygens (including phenoxy) is 2. The quantitative estimate of drug-likeness (QED) is 0.571. The predicted octanol–water partition coefficient (Wildman–Crippen LogP) is 1.97. The molecule has 0 atom stereocenters. The lowest BCUT2D eigenvalue weighted by Gasteiger charge is -2.17. The zero-order valence-corrected chi connectivity index (χ0v) is 15.8. The standard InChI is InChI=1S/C17H22N2O4S2/c1-22-14-6-4-13(5-7-14)10-18-15(20)11-23-16(21)12-25-17(24)19-8-2-3-9-19/h4-7H,2-3,8-12H2,1H3,(H,18,20). The Balaban J connectivity index is 1.60. The maximum atomic E-state index is 11.7. The number of thioether (sulfide) groups is 1. The van der Waals surface area contributed by atoms with Gasteiger partial charge in [0.15, 0.2) is 6.61 Å². The van der Waals surface area contributed by atoms with Crippen LogP contribution in [-0.2, 0) is 20.9 Å². The van der Waals surface area contributed by atoms with Crippen molar-refractivity contribution in [3.05, 3.63) is 29.8 Å². The Morgan fingerprint density at radius 3 is 2.56 bits per heavy atom. The van der Waals surface area contributed by atoms with E-state index in [0.717, 1.165) is 41.6 Å². The maximum absolute atomic E-state index is 11.7. The molecule has 0 unspecified atom stereocenters. The van der Waals surface area contributed by atoms with Gasteiger partial charge in [-0.3, -0.25) is 9.59 Å². The lowest BCUT2D eigenvalue weighted by Crippen LogP contribution is -2.29. The maximum Gasteiger partial charge on any atom is 0.316 e. The van der Waals surface area contributed by atoms with Crippen LogP contribution in [0.5, 0.6) is 5.75 Å². The van der Waals surface area contributed by atoms with Crippen LogP contribution in [0.25, 0.3) is 0 Å². The first-order chi connectivity index (χ1) is 12.1. The Kier molecular flexibility index (Phi) is 8.00. The SMILES string of the molecule is COc1ccc(CNC(=O)COC(=O)CSC(=S)N2CCCC2)cc1. The number of hydrogen-bond donors (Lipinski definition) is 1. The topological polar surface area (TPSA) is 67.9 Å². The number of hydrogen-bond acceptors (Lipinski definition) is 6. The van der Waals surface area contributed by atoms with Gasteiger partial charge in [-0.1, -0.05) is 36.1 Å². The summed E-state index contributed by atoms with van der Waals surface area (Å²) < 4.78 is 10.8. The Bertz CT molecular complexity index is 601. The summed E-state index contributed by atoms with van der Waals surface area (Å²) in [6.45, 7) is 1.99. The van der Waals surface area contributed by atoms with E-state index in [1.54, 1.807) is 7.11 Å². The van der Waals surface area contributed by atoms with Crippen LogP contribution in [0.3, 0.4) is 0 Å². The second-order valence-electron chi connectivity index (χ2n) is 5.53. The zero-order valence-electron chi connectivity index (χ0n) is 14.2. The highest BCUT2D eigenvalue weighted by Crippen LogP contribution is 2.16. The minimum Gasteiger partial charge on any atom is -0.497 e. The summed E-state index contributed by atoms with van der Waals surface area (Å²) in [5.41, 5.74) is 0.937. The van der Waals surface area contributed by atoms with Crippen molar-refractivity contribution in [1.29, 1.82) is 0 Å². The molecule has 1 N–H and O–H groups in total. The van der Waals surface area contributed by atoms with Gasteiger partial charge in [-0.25, -0.2) is 0 Å². The van der Waals surface area contributed by atoms with Crippen molar-refractivity contribution in [2.24, 2.45) is 0 Å². The molecule has 0 aromatic heterocycles. The number of nitrogens with one attached hydrogen (secondary N) is 1. The van der Waals surface area contributed by atoms with E-state index < -0.39 is 5.97 Å². The third kappa shape index (κ3) is 6.91. The number of thiocarbonyl (C=S) groups is 1. The first kappa shape index (κ1) is 19.5. The number of methoxy groups -OCH3 is 1. The fraction of sp³-hybridized carbons (Fsp3) is 0.471. The van der Waals surface area contributed by atoms with E-state index in [-0.39, 0.29) is 18.3 Å². The number of carbonyl (C=O) groups excluding carboxylic acids is 2. The van der Waals surface area contributed by atoms with Crippen molar-refractivity contribution < 1.29 is 19.1 Å². The van der Waals surface area contributed by atoms with Crippen LogP contribution in [-0.4, -0.2) is 53.7 Å². The third-order valence-corrected chi connectivity index (χ3v) is 5.19. The molecule has 1 saturated heterocycles. The fourth-order valence-electron chi connectivity index (χ4n) is 2.29. The second-order valence-corrected chi connectivity index (χ2v) is 7.14. The largest absolute Gasteiger partial charge is 0.497 e. The van der Waals surface area contributed by atoms with Gasteiger partial charge in [0.25, 0.3) is 5.91 Å². The highest BCUT2D eigenvalue weighted by molar-refractivity contribution is 8.23. The van der Waals surface area contributed by atoms with Gasteiger partial charge in [-0.15, -0.1) is 0 Å². The second kappa shape index (κ2) is 10.2. The van der Waals surface area contributed by atoms with Crippen molar-refractivity contribution in [3.63, 3.8) is 0 Å². The van der Waals surface area contributed by atoms with Crippen LogP contribution < -0.4 is 10.1 Å². The van der Waals surface area contributed by atoms with Gasteiger partial charge >= 0.3 is 5.97 Å². The minimum atomic E-state index is -0.439. The van der Waals surface area contributed by atoms with Crippen molar-refractivity contribution in [2.75, 3.05) is 32.6 Å². The molecule has 136 valence electrons. The van der Waals surface area contributed by atoms with Crippen LogP contribution in [0.2, 0.25) is 0 Å². The lowest BCUT2D eigenvalue weighted by molar-refractivity contribution is -0.145. The van der Waals surface area contributed by atoms with E-state index in [0.29, 0.717) is 6.54 Å². The molecule has 0 radical (unpaired) electrons. The Morgan fingerprint density at radius 2 is 1.92 bits per heavy atom. The van der Waals surface area contributed by atoms with Crippen LogP contribution in [0.4, 0.5) is 0 Å². The van der Waals surface area contributed by atoms with E-state index in [2.05, 4.69) is 10.2 Å². The van der Waals surface area contributed by atoms with Crippen LogP contribution in [0.15, 0.2) is 24.3 Å². The van der Waals surface area contributed by atoms with E-state index >= 15 is 0 Å². The van der Waals surface area contributed by atoms with Crippen molar-refractivity contribution in [3.8, 4) is 5.75 Å². The number of nitrogens with zero attached hydrogens (tertiary/aromatic N) is 1. The molecular weight excluding hydrogens is 360 g/mol. The van der Waals surface area contributed by atoms with Crippen molar-refractivity contribution >= 4 is 40.2 Å². The molecule has 0 bridgehead atoms. The minimum absolute atomic E-state index is 0.126. The summed E-state index contributed by atoms with van der Waals surface area (Å²) in [5, 5.41) is 2.70. The normalized spacial score (nSPS) is 13.4. The van der Waals surface area contributed by atoms with Crippen LogP contribution >= 0.6 is 24.0 Å². The number of esters is 1. The molecule has 0 spiro atoms. The summed E-state index contributed by atoms with van der Waals surface area (Å²) in [4.78, 5) is 25.5. The summed E-state index contributed by atoms with van der Waals surface area (Å²) in [7, 11) is 1.60. The molecule has 1 aromatic carbocycles. The van der Waals surface area contributed by atoms with Gasteiger partial charge in [-0.05, 0) is 30.5 Å². The van der Waals surface area contributed by atoms with Gasteiger partial charge in [-0.2, -0.15) is 0 Å². The Morgan fingerprint density at radius 1 is 1.24 bits per heavy atom. The van der Waals surface area contributed by atoms with E-state index in [4.69, 9.17) is 21.7 Å². The summed E-state index contributed by atoms with van der Waals surface area (Å²) in [6, 6.07) is 7.37. The molecule has 8 heteroatoms. The Labute approximate surface area is 157 Å². The number of benzene rings is 1. The van der Waals surface area contributed by atoms with Gasteiger partial charge in [0.2, 0.25) is 0 Å². The van der Waals surface area contributed by atoms with E-state index in [1.807, 2.05) is 24.3 Å². The fourth-order valence-corrected chi connectivity index (χ4v) is 3.34. The van der Waals surface area contributed by atoms with Crippen LogP contribution in [0, 0.1) is 0 Å².